The molecule has 1 amide bonds. The maximum Gasteiger partial charge on any atom is 0.308 e. The molecular weight excluding hydrogens is 270 g/mol. The van der Waals surface area contributed by atoms with Crippen LogP contribution >= 0.6 is 0 Å². The molecule has 0 aliphatic carbocycles. The second kappa shape index (κ2) is 5.44. The van der Waals surface area contributed by atoms with Gasteiger partial charge in [-0.1, -0.05) is 12.1 Å². The van der Waals surface area contributed by atoms with Gasteiger partial charge in [0.25, 0.3) is 5.91 Å². The van der Waals surface area contributed by atoms with Crippen molar-refractivity contribution in [3.05, 3.63) is 48.4 Å². The normalized spacial score (nSPS) is 17.9. The van der Waals surface area contributed by atoms with E-state index in [1.165, 1.54) is 0 Å². The van der Waals surface area contributed by atoms with E-state index in [2.05, 4.69) is 0 Å². The highest BCUT2D eigenvalue weighted by molar-refractivity contribution is 5.96. The standard InChI is InChI=1S/C16H15NO4/c18-15(17-6-4-13(9-17)16(19)20)12-3-1-2-11(8-12)14-5-7-21-10-14/h1-3,5,7-8,10,13H,4,6,9H2,(H,19,20). The predicted molar refractivity (Wildman–Crippen MR) is 75.8 cm³/mol. The average Bonchev–Trinajstić information content (AvgIpc) is 3.18. The van der Waals surface area contributed by atoms with Crippen LogP contribution in [0.4, 0.5) is 0 Å². The Morgan fingerprint density at radius 3 is 2.76 bits per heavy atom. The minimum Gasteiger partial charge on any atom is -0.481 e. The number of rotatable bonds is 3. The van der Waals surface area contributed by atoms with Crippen LogP contribution in [0, 0.1) is 5.92 Å². The number of carbonyl (C=O) groups excluding carboxylic acids is 1. The first kappa shape index (κ1) is 13.4. The van der Waals surface area contributed by atoms with E-state index in [9.17, 15) is 9.59 Å². The Labute approximate surface area is 121 Å². The van der Waals surface area contributed by atoms with Crippen LogP contribution in [0.15, 0.2) is 47.3 Å². The molecule has 2 aromatic rings. The molecule has 1 unspecified atom stereocenters. The highest BCUT2D eigenvalue weighted by Gasteiger charge is 2.31. The number of carboxylic acid groups (broad SMARTS) is 1. The lowest BCUT2D eigenvalue weighted by Crippen LogP contribution is -2.29. The van der Waals surface area contributed by atoms with E-state index < -0.39 is 11.9 Å². The van der Waals surface area contributed by atoms with E-state index in [1.54, 1.807) is 29.6 Å². The summed E-state index contributed by atoms with van der Waals surface area (Å²) < 4.78 is 5.05. The third-order valence-corrected chi connectivity index (χ3v) is 3.79. The minimum absolute atomic E-state index is 0.121. The lowest BCUT2D eigenvalue weighted by molar-refractivity contribution is -0.141. The van der Waals surface area contributed by atoms with Gasteiger partial charge >= 0.3 is 5.97 Å². The molecule has 1 N–H and O–H groups in total. The molecule has 0 saturated carbocycles. The predicted octanol–water partition coefficient (Wildman–Crippen LogP) is 2.49. The fourth-order valence-corrected chi connectivity index (χ4v) is 2.59. The fourth-order valence-electron chi connectivity index (χ4n) is 2.59. The first-order chi connectivity index (χ1) is 10.1. The zero-order valence-electron chi connectivity index (χ0n) is 11.4. The van der Waals surface area contributed by atoms with Crippen molar-refractivity contribution in [2.45, 2.75) is 6.42 Å². The van der Waals surface area contributed by atoms with E-state index >= 15 is 0 Å². The lowest BCUT2D eigenvalue weighted by Gasteiger charge is -2.16. The Balaban J connectivity index is 1.80. The summed E-state index contributed by atoms with van der Waals surface area (Å²) in [5.41, 5.74) is 2.39. The van der Waals surface area contributed by atoms with Crippen molar-refractivity contribution in [2.24, 2.45) is 5.92 Å². The van der Waals surface area contributed by atoms with Crippen LogP contribution in [0.25, 0.3) is 11.1 Å². The van der Waals surface area contributed by atoms with Gasteiger partial charge in [0, 0.05) is 24.2 Å². The number of nitrogens with zero attached hydrogens (tertiary/aromatic N) is 1. The van der Waals surface area contributed by atoms with Gasteiger partial charge in [0.1, 0.15) is 0 Å². The molecular formula is C16H15NO4. The number of benzene rings is 1. The van der Waals surface area contributed by atoms with Gasteiger partial charge in [-0.05, 0) is 30.2 Å². The molecule has 5 heteroatoms. The van der Waals surface area contributed by atoms with Crippen LogP contribution < -0.4 is 0 Å². The summed E-state index contributed by atoms with van der Waals surface area (Å²) >= 11 is 0. The van der Waals surface area contributed by atoms with Crippen molar-refractivity contribution in [1.82, 2.24) is 4.90 Å². The Morgan fingerprint density at radius 1 is 1.24 bits per heavy atom. The topological polar surface area (TPSA) is 70.8 Å². The zero-order valence-corrected chi connectivity index (χ0v) is 11.4. The second-order valence-electron chi connectivity index (χ2n) is 5.17. The smallest absolute Gasteiger partial charge is 0.308 e. The van der Waals surface area contributed by atoms with Crippen LogP contribution in [-0.4, -0.2) is 35.0 Å². The van der Waals surface area contributed by atoms with Crippen molar-refractivity contribution in [3.8, 4) is 11.1 Å². The van der Waals surface area contributed by atoms with E-state index in [1.807, 2.05) is 18.2 Å². The molecule has 1 atom stereocenters. The Morgan fingerprint density at radius 2 is 2.10 bits per heavy atom. The van der Waals surface area contributed by atoms with Crippen LogP contribution in [0.2, 0.25) is 0 Å². The van der Waals surface area contributed by atoms with Crippen molar-refractivity contribution < 1.29 is 19.1 Å². The van der Waals surface area contributed by atoms with E-state index in [-0.39, 0.29) is 12.5 Å². The Bertz CT molecular complexity index is 663. The van der Waals surface area contributed by atoms with E-state index in [0.717, 1.165) is 11.1 Å². The lowest BCUT2D eigenvalue weighted by atomic mass is 10.1. The number of hydrogen-bond donors (Lipinski definition) is 1. The summed E-state index contributed by atoms with van der Waals surface area (Å²) in [6.45, 7) is 0.774. The molecule has 1 saturated heterocycles. The summed E-state index contributed by atoms with van der Waals surface area (Å²) in [7, 11) is 0. The van der Waals surface area contributed by atoms with Gasteiger partial charge in [-0.25, -0.2) is 0 Å². The van der Waals surface area contributed by atoms with Gasteiger partial charge in [-0.2, -0.15) is 0 Å². The van der Waals surface area contributed by atoms with Gasteiger partial charge in [0.2, 0.25) is 0 Å². The number of furan rings is 1. The minimum atomic E-state index is -0.836. The molecule has 108 valence electrons. The van der Waals surface area contributed by atoms with Gasteiger partial charge in [-0.3, -0.25) is 9.59 Å². The van der Waals surface area contributed by atoms with E-state index in [4.69, 9.17) is 9.52 Å². The van der Waals surface area contributed by atoms with Gasteiger partial charge < -0.3 is 14.4 Å². The number of amides is 1. The highest BCUT2D eigenvalue weighted by atomic mass is 16.4. The third kappa shape index (κ3) is 2.67. The Kier molecular flexibility index (Phi) is 3.48. The molecule has 3 rings (SSSR count). The summed E-state index contributed by atoms with van der Waals surface area (Å²) in [5.74, 6) is -1.41. The van der Waals surface area contributed by atoms with Crippen LogP contribution in [0.5, 0.6) is 0 Å². The van der Waals surface area contributed by atoms with Gasteiger partial charge in [0.15, 0.2) is 0 Å². The van der Waals surface area contributed by atoms with Gasteiger partial charge in [-0.15, -0.1) is 0 Å². The maximum absolute atomic E-state index is 12.4. The van der Waals surface area contributed by atoms with E-state index in [0.29, 0.717) is 18.5 Å². The molecule has 5 nitrogen and oxygen atoms in total. The van der Waals surface area contributed by atoms with Crippen LogP contribution in [-0.2, 0) is 4.79 Å². The summed E-state index contributed by atoms with van der Waals surface area (Å²) in [4.78, 5) is 25.0. The SMILES string of the molecule is O=C(O)C1CCN(C(=O)c2cccc(-c3ccoc3)c2)C1. The van der Waals surface area contributed by atoms with Crippen molar-refractivity contribution in [1.29, 1.82) is 0 Å². The summed E-state index contributed by atoms with van der Waals surface area (Å²) in [6, 6.07) is 9.12. The Hall–Kier alpha value is -2.56. The molecule has 0 radical (unpaired) electrons. The van der Waals surface area contributed by atoms with Crippen LogP contribution in [0.3, 0.4) is 0 Å². The summed E-state index contributed by atoms with van der Waals surface area (Å²) in [6.07, 6.45) is 3.73. The molecule has 1 aliphatic rings. The third-order valence-electron chi connectivity index (χ3n) is 3.79. The molecule has 0 bridgehead atoms. The second-order valence-corrected chi connectivity index (χ2v) is 5.17. The number of carbonyl (C=O) groups is 2. The molecule has 1 aromatic carbocycles. The first-order valence-corrected chi connectivity index (χ1v) is 6.80. The monoisotopic (exact) mass is 285 g/mol. The molecule has 1 fully saturated rings. The summed E-state index contributed by atoms with van der Waals surface area (Å²) in [5, 5.41) is 9.00. The highest BCUT2D eigenvalue weighted by Crippen LogP contribution is 2.23. The number of aliphatic carboxylic acids is 1. The van der Waals surface area contributed by atoms with Gasteiger partial charge in [0.05, 0.1) is 18.4 Å². The van der Waals surface area contributed by atoms with Crippen molar-refractivity contribution in [3.63, 3.8) is 0 Å². The number of likely N-dealkylation sites (tertiary alicyclic amines) is 1. The average molecular weight is 285 g/mol. The first-order valence-electron chi connectivity index (χ1n) is 6.80. The van der Waals surface area contributed by atoms with Crippen molar-refractivity contribution >= 4 is 11.9 Å². The maximum atomic E-state index is 12.4. The number of hydrogen-bond acceptors (Lipinski definition) is 3. The molecule has 1 aliphatic heterocycles. The zero-order chi connectivity index (χ0) is 14.8. The number of carboxylic acids is 1. The van der Waals surface area contributed by atoms with Crippen LogP contribution in [0.1, 0.15) is 16.8 Å². The molecule has 2 heterocycles. The quantitative estimate of drug-likeness (QED) is 0.940. The van der Waals surface area contributed by atoms with Crippen molar-refractivity contribution in [2.75, 3.05) is 13.1 Å². The fraction of sp³-hybridized carbons (Fsp3) is 0.250. The molecule has 1 aromatic heterocycles. The molecule has 21 heavy (non-hydrogen) atoms. The molecule has 0 spiro atoms. The largest absolute Gasteiger partial charge is 0.481 e.